The first-order chi connectivity index (χ1) is 9.27. The van der Waals surface area contributed by atoms with Gasteiger partial charge in [0.2, 0.25) is 17.7 Å². The molecule has 20 heavy (non-hydrogen) atoms. The summed E-state index contributed by atoms with van der Waals surface area (Å²) in [6.45, 7) is 0. The number of nitrogens with zero attached hydrogens (tertiary/aromatic N) is 6. The summed E-state index contributed by atoms with van der Waals surface area (Å²) in [5, 5.41) is 6.64. The second-order valence-corrected chi connectivity index (χ2v) is 4.56. The van der Waals surface area contributed by atoms with Crippen molar-refractivity contribution in [1.29, 1.82) is 0 Å². The average molecular weight is 306 g/mol. The molecule has 8 nitrogen and oxygen atoms in total. The molecule has 0 radical (unpaired) electrons. The molecule has 0 amide bonds. The number of rotatable bonds is 3. The van der Waals surface area contributed by atoms with Crippen molar-refractivity contribution >= 4 is 23.7 Å². The Bertz CT molecular complexity index is 604. The molecular formula is C8H9F3N8S. The molecule has 0 unspecified atom stereocenters. The van der Waals surface area contributed by atoms with Gasteiger partial charge in [-0.2, -0.15) is 28.1 Å². The van der Waals surface area contributed by atoms with Gasteiger partial charge in [-0.3, -0.25) is 0 Å². The van der Waals surface area contributed by atoms with E-state index in [4.69, 9.17) is 11.5 Å². The topological polar surface area (TPSA) is 121 Å². The van der Waals surface area contributed by atoms with Crippen LogP contribution < -0.4 is 11.5 Å². The van der Waals surface area contributed by atoms with Gasteiger partial charge in [0.15, 0.2) is 5.16 Å². The average Bonchev–Trinajstić information content (AvgIpc) is 2.66. The fourth-order valence-corrected chi connectivity index (χ4v) is 2.10. The summed E-state index contributed by atoms with van der Waals surface area (Å²) in [5.41, 5.74) is 10.8. The van der Waals surface area contributed by atoms with Crippen LogP contribution in [0.1, 0.15) is 11.6 Å². The van der Waals surface area contributed by atoms with Gasteiger partial charge in [-0.1, -0.05) is 11.8 Å². The van der Waals surface area contributed by atoms with E-state index in [1.54, 1.807) is 0 Å². The van der Waals surface area contributed by atoms with Gasteiger partial charge in [-0.15, -0.1) is 10.2 Å². The first-order valence-corrected chi connectivity index (χ1v) is 6.11. The quantitative estimate of drug-likeness (QED) is 0.785. The van der Waals surface area contributed by atoms with Crippen molar-refractivity contribution in [3.05, 3.63) is 11.6 Å². The van der Waals surface area contributed by atoms with Gasteiger partial charge >= 0.3 is 6.18 Å². The third-order valence-electron chi connectivity index (χ3n) is 2.14. The second-order valence-electron chi connectivity index (χ2n) is 3.62. The Morgan fingerprint density at radius 3 is 2.20 bits per heavy atom. The molecule has 0 saturated heterocycles. The summed E-state index contributed by atoms with van der Waals surface area (Å²) >= 11 is 0.980. The first kappa shape index (κ1) is 14.3. The van der Waals surface area contributed by atoms with Gasteiger partial charge in [0.25, 0.3) is 0 Å². The number of hydrogen-bond acceptors (Lipinski definition) is 8. The highest BCUT2D eigenvalue weighted by Gasteiger charge is 2.37. The monoisotopic (exact) mass is 306 g/mol. The van der Waals surface area contributed by atoms with Gasteiger partial charge in [0, 0.05) is 7.05 Å². The van der Waals surface area contributed by atoms with Crippen LogP contribution in [0.15, 0.2) is 5.16 Å². The summed E-state index contributed by atoms with van der Waals surface area (Å²) in [7, 11) is 1.22. The van der Waals surface area contributed by atoms with E-state index in [1.807, 2.05) is 0 Å². The Balaban J connectivity index is 2.14. The molecule has 0 saturated carbocycles. The lowest BCUT2D eigenvalue weighted by molar-refractivity contribution is -0.147. The second kappa shape index (κ2) is 5.11. The summed E-state index contributed by atoms with van der Waals surface area (Å²) in [5.74, 6) is -0.795. The van der Waals surface area contributed by atoms with Gasteiger partial charge in [0.05, 0.1) is 5.75 Å². The molecule has 0 fully saturated rings. The molecule has 0 aliphatic rings. The van der Waals surface area contributed by atoms with E-state index >= 15 is 0 Å². The van der Waals surface area contributed by atoms with Crippen molar-refractivity contribution in [2.24, 2.45) is 7.05 Å². The molecular weight excluding hydrogens is 297 g/mol. The molecule has 0 spiro atoms. The maximum absolute atomic E-state index is 12.5. The van der Waals surface area contributed by atoms with Crippen molar-refractivity contribution in [2.75, 3.05) is 11.5 Å². The van der Waals surface area contributed by atoms with Crippen molar-refractivity contribution < 1.29 is 13.2 Å². The van der Waals surface area contributed by atoms with Crippen LogP contribution in [0.5, 0.6) is 0 Å². The normalized spacial score (nSPS) is 11.8. The van der Waals surface area contributed by atoms with Crippen molar-refractivity contribution in [1.82, 2.24) is 29.7 Å². The molecule has 4 N–H and O–H groups in total. The van der Waals surface area contributed by atoms with Crippen LogP contribution in [-0.2, 0) is 19.0 Å². The Labute approximate surface area is 114 Å². The van der Waals surface area contributed by atoms with Gasteiger partial charge in [-0.25, -0.2) is 0 Å². The van der Waals surface area contributed by atoms with E-state index in [9.17, 15) is 13.2 Å². The summed E-state index contributed by atoms with van der Waals surface area (Å²) in [6, 6.07) is 0. The van der Waals surface area contributed by atoms with E-state index < -0.39 is 12.0 Å². The highest BCUT2D eigenvalue weighted by Crippen LogP contribution is 2.30. The van der Waals surface area contributed by atoms with Gasteiger partial charge < -0.3 is 16.0 Å². The van der Waals surface area contributed by atoms with E-state index in [0.717, 1.165) is 16.3 Å². The fraction of sp³-hybridized carbons (Fsp3) is 0.375. The van der Waals surface area contributed by atoms with Crippen molar-refractivity contribution in [3.63, 3.8) is 0 Å². The van der Waals surface area contributed by atoms with Crippen LogP contribution in [0.2, 0.25) is 0 Å². The largest absolute Gasteiger partial charge is 0.451 e. The number of nitrogens with two attached hydrogens (primary N) is 2. The molecule has 12 heteroatoms. The Morgan fingerprint density at radius 1 is 1.10 bits per heavy atom. The lowest BCUT2D eigenvalue weighted by atomic mass is 10.6. The molecule has 2 rings (SSSR count). The summed E-state index contributed by atoms with van der Waals surface area (Å²) in [4.78, 5) is 11.2. The number of hydrogen-bond donors (Lipinski definition) is 2. The van der Waals surface area contributed by atoms with Crippen LogP contribution in [0, 0.1) is 0 Å². The van der Waals surface area contributed by atoms with E-state index in [0.29, 0.717) is 0 Å². The third-order valence-corrected chi connectivity index (χ3v) is 3.15. The Kier molecular flexibility index (Phi) is 3.65. The highest BCUT2D eigenvalue weighted by molar-refractivity contribution is 7.98. The van der Waals surface area contributed by atoms with Crippen LogP contribution in [-0.4, -0.2) is 29.7 Å². The Hall–Kier alpha value is -2.11. The lowest BCUT2D eigenvalue weighted by Crippen LogP contribution is -2.13. The van der Waals surface area contributed by atoms with Crippen LogP contribution in [0.3, 0.4) is 0 Å². The van der Waals surface area contributed by atoms with Crippen LogP contribution in [0.25, 0.3) is 0 Å². The molecule has 0 aliphatic carbocycles. The number of halogens is 3. The predicted molar refractivity (Wildman–Crippen MR) is 64.2 cm³/mol. The molecule has 2 aromatic rings. The predicted octanol–water partition coefficient (Wildman–Crippen LogP) is 0.476. The first-order valence-electron chi connectivity index (χ1n) is 5.12. The van der Waals surface area contributed by atoms with E-state index in [1.165, 1.54) is 7.05 Å². The van der Waals surface area contributed by atoms with Crippen molar-refractivity contribution in [2.45, 2.75) is 17.1 Å². The minimum absolute atomic E-state index is 0.0537. The third kappa shape index (κ3) is 3.07. The number of alkyl halides is 3. The van der Waals surface area contributed by atoms with Gasteiger partial charge in [0.1, 0.15) is 5.82 Å². The van der Waals surface area contributed by atoms with Crippen LogP contribution in [0.4, 0.5) is 25.1 Å². The smallest absolute Gasteiger partial charge is 0.368 e. The molecule has 0 aromatic carbocycles. The highest BCUT2D eigenvalue weighted by atomic mass is 32.2. The van der Waals surface area contributed by atoms with E-state index in [-0.39, 0.29) is 28.6 Å². The molecule has 108 valence electrons. The summed E-state index contributed by atoms with van der Waals surface area (Å²) < 4.78 is 38.4. The SMILES string of the molecule is Cn1c(SCc2nc(N)nc(N)n2)nnc1C(F)(F)F. The molecule has 0 bridgehead atoms. The van der Waals surface area contributed by atoms with E-state index in [2.05, 4.69) is 25.1 Å². The fourth-order valence-electron chi connectivity index (χ4n) is 1.34. The zero-order valence-electron chi connectivity index (χ0n) is 10.1. The lowest BCUT2D eigenvalue weighted by Gasteiger charge is -2.06. The van der Waals surface area contributed by atoms with Crippen LogP contribution >= 0.6 is 11.8 Å². The number of anilines is 2. The van der Waals surface area contributed by atoms with Gasteiger partial charge in [-0.05, 0) is 0 Å². The summed E-state index contributed by atoms with van der Waals surface area (Å²) in [6.07, 6.45) is -4.55. The Morgan fingerprint density at radius 2 is 1.70 bits per heavy atom. The standard InChI is InChI=1S/C8H9F3N8S/c1-19-4(8(9,10)11)17-18-7(19)20-2-3-14-5(12)16-6(13)15-3/h2H2,1H3,(H4,12,13,14,15,16). The van der Waals surface area contributed by atoms with Crippen molar-refractivity contribution in [3.8, 4) is 0 Å². The molecule has 0 atom stereocenters. The zero-order chi connectivity index (χ0) is 14.9. The molecule has 2 aromatic heterocycles. The minimum atomic E-state index is -4.55. The number of aromatic nitrogens is 6. The molecule has 0 aliphatic heterocycles. The number of thioether (sulfide) groups is 1. The minimum Gasteiger partial charge on any atom is -0.368 e. The zero-order valence-corrected chi connectivity index (χ0v) is 10.9. The molecule has 2 heterocycles. The maximum Gasteiger partial charge on any atom is 0.451 e. The number of nitrogen functional groups attached to an aromatic ring is 2. The maximum atomic E-state index is 12.5.